The number of amides is 1. The van der Waals surface area contributed by atoms with E-state index in [9.17, 15) is 4.79 Å². The number of alkyl carbamates (subject to hydrolysis) is 1. The van der Waals surface area contributed by atoms with Crippen LogP contribution in [-0.2, 0) is 4.74 Å². The van der Waals surface area contributed by atoms with Crippen LogP contribution in [-0.4, -0.2) is 29.9 Å². The van der Waals surface area contributed by atoms with Crippen LogP contribution in [0.3, 0.4) is 0 Å². The number of rotatable bonds is 5. The molecule has 0 radical (unpaired) electrons. The van der Waals surface area contributed by atoms with E-state index in [0.29, 0.717) is 18.2 Å². The molecule has 0 heterocycles. The van der Waals surface area contributed by atoms with E-state index in [1.54, 1.807) is 0 Å². The predicted octanol–water partition coefficient (Wildman–Crippen LogP) is 3.50. The van der Waals surface area contributed by atoms with Gasteiger partial charge in [0.15, 0.2) is 5.11 Å². The molecule has 0 saturated carbocycles. The lowest BCUT2D eigenvalue weighted by Gasteiger charge is -2.19. The molecule has 0 unspecified atom stereocenters. The summed E-state index contributed by atoms with van der Waals surface area (Å²) in [6.45, 7) is 10.8. The van der Waals surface area contributed by atoms with Crippen LogP contribution in [0.5, 0.6) is 0 Å². The van der Waals surface area contributed by atoms with Gasteiger partial charge in [-0.15, -0.1) is 0 Å². The van der Waals surface area contributed by atoms with Crippen molar-refractivity contribution in [3.05, 3.63) is 29.3 Å². The fourth-order valence-electron chi connectivity index (χ4n) is 2.02. The quantitative estimate of drug-likeness (QED) is 0.567. The first-order chi connectivity index (χ1) is 10.7. The third-order valence-electron chi connectivity index (χ3n) is 2.79. The van der Waals surface area contributed by atoms with Crippen molar-refractivity contribution in [3.63, 3.8) is 0 Å². The summed E-state index contributed by atoms with van der Waals surface area (Å²) in [5.41, 5.74) is 2.89. The molecular weight excluding hydrogens is 310 g/mol. The van der Waals surface area contributed by atoms with Crippen LogP contribution in [0.4, 0.5) is 10.5 Å². The summed E-state index contributed by atoms with van der Waals surface area (Å²) in [7, 11) is 0. The minimum absolute atomic E-state index is 0.395. The highest BCUT2D eigenvalue weighted by Crippen LogP contribution is 2.13. The Labute approximate surface area is 144 Å². The van der Waals surface area contributed by atoms with Crippen molar-refractivity contribution in [3.8, 4) is 0 Å². The van der Waals surface area contributed by atoms with Crippen molar-refractivity contribution in [1.29, 1.82) is 0 Å². The minimum atomic E-state index is -0.472. The van der Waals surface area contributed by atoms with Crippen LogP contribution in [0.25, 0.3) is 0 Å². The highest BCUT2D eigenvalue weighted by molar-refractivity contribution is 7.80. The van der Waals surface area contributed by atoms with E-state index in [4.69, 9.17) is 17.0 Å². The molecule has 0 atom stereocenters. The van der Waals surface area contributed by atoms with Crippen LogP contribution in [0.15, 0.2) is 18.2 Å². The molecule has 128 valence electrons. The Hall–Kier alpha value is -1.82. The van der Waals surface area contributed by atoms with Crippen molar-refractivity contribution >= 4 is 29.1 Å². The van der Waals surface area contributed by atoms with E-state index in [0.717, 1.165) is 12.1 Å². The molecular formula is C17H27N3O2S. The topological polar surface area (TPSA) is 62.4 Å². The average molecular weight is 337 g/mol. The van der Waals surface area contributed by atoms with E-state index in [2.05, 4.69) is 35.9 Å². The number of aryl methyl sites for hydroxylation is 2. The SMILES string of the molecule is Cc1cc(C)cc(NC(=S)NCCCNC(=O)OC(C)(C)C)c1. The molecule has 3 N–H and O–H groups in total. The van der Waals surface area contributed by atoms with Crippen molar-refractivity contribution in [1.82, 2.24) is 10.6 Å². The third kappa shape index (κ3) is 9.03. The van der Waals surface area contributed by atoms with Gasteiger partial charge in [0.2, 0.25) is 0 Å². The molecule has 0 bridgehead atoms. The molecule has 1 aromatic rings. The molecule has 0 spiro atoms. The number of hydrogen-bond donors (Lipinski definition) is 3. The first-order valence-corrected chi connectivity index (χ1v) is 8.16. The van der Waals surface area contributed by atoms with E-state index >= 15 is 0 Å². The minimum Gasteiger partial charge on any atom is -0.444 e. The number of carbonyl (C=O) groups is 1. The Balaban J connectivity index is 2.21. The molecule has 0 saturated heterocycles. The van der Waals surface area contributed by atoms with Crippen molar-refractivity contribution in [2.75, 3.05) is 18.4 Å². The van der Waals surface area contributed by atoms with Crippen molar-refractivity contribution in [2.24, 2.45) is 0 Å². The lowest BCUT2D eigenvalue weighted by Crippen LogP contribution is -2.35. The number of thiocarbonyl (C=S) groups is 1. The zero-order chi connectivity index (χ0) is 17.5. The summed E-state index contributed by atoms with van der Waals surface area (Å²) in [4.78, 5) is 11.5. The monoisotopic (exact) mass is 337 g/mol. The Morgan fingerprint density at radius 1 is 1.09 bits per heavy atom. The maximum absolute atomic E-state index is 11.5. The van der Waals surface area contributed by atoms with Gasteiger partial charge in [0.25, 0.3) is 0 Å². The van der Waals surface area contributed by atoms with Crippen LogP contribution >= 0.6 is 12.2 Å². The van der Waals surface area contributed by atoms with Gasteiger partial charge in [-0.3, -0.25) is 0 Å². The number of nitrogens with one attached hydrogen (secondary N) is 3. The number of hydrogen-bond acceptors (Lipinski definition) is 3. The normalized spacial score (nSPS) is 10.8. The fraction of sp³-hybridized carbons (Fsp3) is 0.529. The van der Waals surface area contributed by atoms with Crippen molar-refractivity contribution in [2.45, 2.75) is 46.6 Å². The molecule has 1 aromatic carbocycles. The molecule has 0 aromatic heterocycles. The standard InChI is InChI=1S/C17H27N3O2S/c1-12-9-13(2)11-14(10-12)20-15(23)18-7-6-8-19-16(21)22-17(3,4)5/h9-11H,6-8H2,1-5H3,(H,19,21)(H2,18,20,23). The Morgan fingerprint density at radius 3 is 2.22 bits per heavy atom. The number of ether oxygens (including phenoxy) is 1. The van der Waals surface area contributed by atoms with Crippen molar-refractivity contribution < 1.29 is 9.53 Å². The number of anilines is 1. The van der Waals surface area contributed by atoms with E-state index in [1.165, 1.54) is 11.1 Å². The zero-order valence-corrected chi connectivity index (χ0v) is 15.4. The van der Waals surface area contributed by atoms with Gasteiger partial charge in [0, 0.05) is 18.8 Å². The summed E-state index contributed by atoms with van der Waals surface area (Å²) >= 11 is 5.26. The van der Waals surface area contributed by atoms with Gasteiger partial charge < -0.3 is 20.7 Å². The van der Waals surface area contributed by atoms with Crippen LogP contribution in [0.1, 0.15) is 38.3 Å². The first kappa shape index (κ1) is 19.2. The maximum Gasteiger partial charge on any atom is 0.407 e. The van der Waals surface area contributed by atoms with Gasteiger partial charge >= 0.3 is 6.09 Å². The molecule has 1 amide bonds. The Morgan fingerprint density at radius 2 is 1.65 bits per heavy atom. The van der Waals surface area contributed by atoms with Gasteiger partial charge in [-0.05, 0) is 76.5 Å². The zero-order valence-electron chi connectivity index (χ0n) is 14.6. The van der Waals surface area contributed by atoms with Gasteiger partial charge in [0.1, 0.15) is 5.60 Å². The summed E-state index contributed by atoms with van der Waals surface area (Å²) in [5.74, 6) is 0. The lowest BCUT2D eigenvalue weighted by atomic mass is 10.1. The lowest BCUT2D eigenvalue weighted by molar-refractivity contribution is 0.0527. The third-order valence-corrected chi connectivity index (χ3v) is 3.03. The highest BCUT2D eigenvalue weighted by Gasteiger charge is 2.15. The van der Waals surface area contributed by atoms with Gasteiger partial charge in [-0.25, -0.2) is 4.79 Å². The van der Waals surface area contributed by atoms with Gasteiger partial charge in [0.05, 0.1) is 0 Å². The van der Waals surface area contributed by atoms with Gasteiger partial charge in [-0.1, -0.05) is 6.07 Å². The molecule has 6 heteroatoms. The van der Waals surface area contributed by atoms with Crippen LogP contribution in [0, 0.1) is 13.8 Å². The maximum atomic E-state index is 11.5. The molecule has 5 nitrogen and oxygen atoms in total. The number of benzene rings is 1. The Bertz CT molecular complexity index is 533. The summed E-state index contributed by atoms with van der Waals surface area (Å²) in [6.07, 6.45) is 0.363. The first-order valence-electron chi connectivity index (χ1n) is 7.76. The van der Waals surface area contributed by atoms with Gasteiger partial charge in [-0.2, -0.15) is 0 Å². The second-order valence-corrected chi connectivity index (χ2v) is 6.95. The van der Waals surface area contributed by atoms with E-state index < -0.39 is 11.7 Å². The smallest absolute Gasteiger partial charge is 0.407 e. The van der Waals surface area contributed by atoms with Crippen LogP contribution < -0.4 is 16.0 Å². The molecule has 0 aliphatic carbocycles. The fourth-order valence-corrected chi connectivity index (χ4v) is 2.24. The van der Waals surface area contributed by atoms with E-state index in [1.807, 2.05) is 32.9 Å². The summed E-state index contributed by atoms with van der Waals surface area (Å²) in [6, 6.07) is 6.21. The van der Waals surface area contributed by atoms with E-state index in [-0.39, 0.29) is 0 Å². The molecule has 23 heavy (non-hydrogen) atoms. The summed E-state index contributed by atoms with van der Waals surface area (Å²) < 4.78 is 5.16. The van der Waals surface area contributed by atoms with Crippen LogP contribution in [0.2, 0.25) is 0 Å². The molecule has 1 rings (SSSR count). The Kier molecular flexibility index (Phi) is 7.29. The second kappa shape index (κ2) is 8.72. The second-order valence-electron chi connectivity index (χ2n) is 6.54. The highest BCUT2D eigenvalue weighted by atomic mass is 32.1. The summed E-state index contributed by atoms with van der Waals surface area (Å²) in [5, 5.41) is 9.57. The molecule has 0 aliphatic heterocycles. The predicted molar refractivity (Wildman–Crippen MR) is 99.0 cm³/mol. The largest absolute Gasteiger partial charge is 0.444 e. The molecule has 0 aliphatic rings. The average Bonchev–Trinajstić information content (AvgIpc) is 2.34. The molecule has 0 fully saturated rings. The number of carbonyl (C=O) groups excluding carboxylic acids is 1.